The summed E-state index contributed by atoms with van der Waals surface area (Å²) in [7, 11) is 0. The van der Waals surface area contributed by atoms with Gasteiger partial charge < -0.3 is 8.83 Å². The van der Waals surface area contributed by atoms with Crippen LogP contribution in [-0.4, -0.2) is 0 Å². The van der Waals surface area contributed by atoms with Crippen LogP contribution in [0.4, 0.5) is 0 Å². The zero-order valence-corrected chi connectivity index (χ0v) is 19.5. The Balaban J connectivity index is 1.74. The van der Waals surface area contributed by atoms with Crippen molar-refractivity contribution in [3.8, 4) is 32.4 Å². The average molecular weight is 439 g/mol. The number of rotatable bonds is 11. The summed E-state index contributed by atoms with van der Waals surface area (Å²) in [6.07, 6.45) is 9.14. The van der Waals surface area contributed by atoms with Gasteiger partial charge in [0.15, 0.2) is 0 Å². The molecule has 4 aromatic rings. The first-order valence-electron chi connectivity index (χ1n) is 11.1. The number of thiophene rings is 2. The van der Waals surface area contributed by atoms with Crippen molar-refractivity contribution in [1.82, 2.24) is 0 Å². The molecular weight excluding hydrogens is 408 g/mol. The van der Waals surface area contributed by atoms with Crippen LogP contribution in [-0.2, 0) is 12.8 Å². The van der Waals surface area contributed by atoms with E-state index in [4.69, 9.17) is 8.83 Å². The molecule has 2 nitrogen and oxygen atoms in total. The van der Waals surface area contributed by atoms with Crippen LogP contribution >= 0.6 is 22.7 Å². The predicted octanol–water partition coefficient (Wildman–Crippen LogP) is 9.46. The van der Waals surface area contributed by atoms with Crippen LogP contribution in [0.15, 0.2) is 56.0 Å². The fourth-order valence-corrected chi connectivity index (χ4v) is 5.19. The van der Waals surface area contributed by atoms with E-state index in [9.17, 15) is 0 Å². The highest BCUT2D eigenvalue weighted by atomic mass is 32.1. The van der Waals surface area contributed by atoms with Gasteiger partial charge in [0.25, 0.3) is 0 Å². The van der Waals surface area contributed by atoms with E-state index in [1.54, 1.807) is 22.7 Å². The fourth-order valence-electron chi connectivity index (χ4n) is 3.84. The van der Waals surface area contributed by atoms with E-state index in [0.29, 0.717) is 0 Å². The summed E-state index contributed by atoms with van der Waals surface area (Å²) in [5, 5.41) is 4.22. The maximum atomic E-state index is 6.41. The van der Waals surface area contributed by atoms with Crippen molar-refractivity contribution in [2.45, 2.75) is 65.2 Å². The molecule has 0 saturated carbocycles. The van der Waals surface area contributed by atoms with Gasteiger partial charge in [0.05, 0.1) is 9.75 Å². The van der Waals surface area contributed by atoms with E-state index in [0.717, 1.165) is 48.7 Å². The summed E-state index contributed by atoms with van der Waals surface area (Å²) < 4.78 is 12.8. The van der Waals surface area contributed by atoms with Gasteiger partial charge in [0.2, 0.25) is 0 Å². The summed E-state index contributed by atoms with van der Waals surface area (Å²) in [5.74, 6) is 4.15. The van der Waals surface area contributed by atoms with Crippen molar-refractivity contribution >= 4 is 22.7 Å². The highest BCUT2D eigenvalue weighted by Gasteiger charge is 2.21. The Hall–Kier alpha value is -2.04. The molecule has 0 amide bonds. The van der Waals surface area contributed by atoms with Gasteiger partial charge in [-0.2, -0.15) is 0 Å². The van der Waals surface area contributed by atoms with Crippen molar-refractivity contribution in [1.29, 1.82) is 0 Å². The lowest BCUT2D eigenvalue weighted by molar-refractivity contribution is 0.505. The minimum absolute atomic E-state index is 0.975. The third-order valence-electron chi connectivity index (χ3n) is 5.45. The lowest BCUT2D eigenvalue weighted by Gasteiger charge is -2.04. The summed E-state index contributed by atoms with van der Waals surface area (Å²) in [5.41, 5.74) is 2.43. The maximum Gasteiger partial charge on any atom is 0.144 e. The van der Waals surface area contributed by atoms with E-state index in [2.05, 4.69) is 61.0 Å². The molecule has 0 aromatic carbocycles. The Morgan fingerprint density at radius 2 is 1.13 bits per heavy atom. The summed E-state index contributed by atoms with van der Waals surface area (Å²) in [4.78, 5) is 2.37. The van der Waals surface area contributed by atoms with Gasteiger partial charge in [-0.05, 0) is 47.9 Å². The van der Waals surface area contributed by atoms with Crippen LogP contribution in [0.2, 0.25) is 0 Å². The molecule has 0 aliphatic heterocycles. The SMILES string of the molecule is CCCCCc1oc(-c2cccs2)cc1-c1cc(-c2cccs2)oc1CCCCC. The number of unbranched alkanes of at least 4 members (excludes halogenated alkanes) is 4. The van der Waals surface area contributed by atoms with Gasteiger partial charge in [-0.3, -0.25) is 0 Å². The number of hydrogen-bond acceptors (Lipinski definition) is 4. The molecule has 0 radical (unpaired) electrons. The normalized spacial score (nSPS) is 11.4. The van der Waals surface area contributed by atoms with Crippen molar-refractivity contribution < 1.29 is 8.83 Å². The van der Waals surface area contributed by atoms with Gasteiger partial charge in [0.1, 0.15) is 23.0 Å². The largest absolute Gasteiger partial charge is 0.460 e. The van der Waals surface area contributed by atoms with Crippen LogP contribution < -0.4 is 0 Å². The van der Waals surface area contributed by atoms with Gasteiger partial charge in [-0.15, -0.1) is 22.7 Å². The molecule has 0 spiro atoms. The van der Waals surface area contributed by atoms with Gasteiger partial charge in [-0.25, -0.2) is 0 Å². The van der Waals surface area contributed by atoms with Crippen LogP contribution in [0.1, 0.15) is 63.9 Å². The van der Waals surface area contributed by atoms with Crippen LogP contribution in [0.3, 0.4) is 0 Å². The number of aryl methyl sites for hydroxylation is 2. The van der Waals surface area contributed by atoms with E-state index in [1.165, 1.54) is 46.6 Å². The molecule has 0 aliphatic rings. The van der Waals surface area contributed by atoms with E-state index < -0.39 is 0 Å². The lowest BCUT2D eigenvalue weighted by atomic mass is 10.0. The van der Waals surface area contributed by atoms with E-state index >= 15 is 0 Å². The van der Waals surface area contributed by atoms with Crippen molar-refractivity contribution in [2.75, 3.05) is 0 Å². The molecular formula is C26H30O2S2. The Morgan fingerprint density at radius 3 is 1.50 bits per heavy atom. The average Bonchev–Trinajstić information content (AvgIpc) is 3.54. The monoisotopic (exact) mass is 438 g/mol. The first-order chi connectivity index (χ1) is 14.8. The Morgan fingerprint density at radius 1 is 0.667 bits per heavy atom. The molecule has 0 fully saturated rings. The molecule has 30 heavy (non-hydrogen) atoms. The third kappa shape index (κ3) is 4.81. The molecule has 4 rings (SSSR count). The molecule has 4 aromatic heterocycles. The molecule has 0 bridgehead atoms. The van der Waals surface area contributed by atoms with Gasteiger partial charge in [-0.1, -0.05) is 51.7 Å². The second-order valence-corrected chi connectivity index (χ2v) is 9.66. The first kappa shape index (κ1) is 21.2. The Bertz CT molecular complexity index is 935. The molecule has 4 heteroatoms. The first-order valence-corrected chi connectivity index (χ1v) is 12.9. The minimum Gasteiger partial charge on any atom is -0.460 e. The van der Waals surface area contributed by atoms with Crippen molar-refractivity contribution in [3.05, 3.63) is 58.7 Å². The Labute approximate surface area is 187 Å². The summed E-state index contributed by atoms with van der Waals surface area (Å²) in [6, 6.07) is 12.9. The molecule has 0 saturated heterocycles. The number of furan rings is 2. The fraction of sp³-hybridized carbons (Fsp3) is 0.385. The molecule has 0 atom stereocenters. The van der Waals surface area contributed by atoms with Crippen LogP contribution in [0, 0.1) is 0 Å². The summed E-state index contributed by atoms with van der Waals surface area (Å²) in [6.45, 7) is 4.49. The molecule has 0 unspecified atom stereocenters. The minimum atomic E-state index is 0.975. The van der Waals surface area contributed by atoms with E-state index in [1.807, 2.05) is 0 Å². The quantitative estimate of drug-likeness (QED) is 0.218. The van der Waals surface area contributed by atoms with Crippen molar-refractivity contribution in [2.24, 2.45) is 0 Å². The third-order valence-corrected chi connectivity index (χ3v) is 7.22. The van der Waals surface area contributed by atoms with Gasteiger partial charge >= 0.3 is 0 Å². The highest BCUT2D eigenvalue weighted by Crippen LogP contribution is 2.41. The topological polar surface area (TPSA) is 26.3 Å². The second kappa shape index (κ2) is 10.3. The zero-order chi connectivity index (χ0) is 20.8. The lowest BCUT2D eigenvalue weighted by Crippen LogP contribution is -1.90. The summed E-state index contributed by atoms with van der Waals surface area (Å²) >= 11 is 3.46. The smallest absolute Gasteiger partial charge is 0.144 e. The van der Waals surface area contributed by atoms with Crippen LogP contribution in [0.25, 0.3) is 32.4 Å². The maximum absolute atomic E-state index is 6.41. The van der Waals surface area contributed by atoms with Crippen LogP contribution in [0.5, 0.6) is 0 Å². The molecule has 158 valence electrons. The van der Waals surface area contributed by atoms with Gasteiger partial charge in [0, 0.05) is 24.0 Å². The zero-order valence-electron chi connectivity index (χ0n) is 17.9. The number of hydrogen-bond donors (Lipinski definition) is 0. The highest BCUT2D eigenvalue weighted by molar-refractivity contribution is 7.13. The Kier molecular flexibility index (Phi) is 7.29. The predicted molar refractivity (Wildman–Crippen MR) is 129 cm³/mol. The van der Waals surface area contributed by atoms with E-state index in [-0.39, 0.29) is 0 Å². The second-order valence-electron chi connectivity index (χ2n) is 7.76. The molecule has 4 heterocycles. The van der Waals surface area contributed by atoms with Crippen molar-refractivity contribution in [3.63, 3.8) is 0 Å². The standard InChI is InChI=1S/C26H30O2S2/c1-3-5-7-11-21-19(17-23(27-21)25-13-9-15-29-25)20-18-24(26-14-10-16-30-26)28-22(20)12-8-6-4-2/h9-10,13-18H,3-8,11-12H2,1-2H3. The molecule has 0 N–H and O–H groups in total. The molecule has 0 aliphatic carbocycles.